The molecule has 0 aromatic heterocycles. The normalized spacial score (nSPS) is 12.2. The summed E-state index contributed by atoms with van der Waals surface area (Å²) in [7, 11) is 1.30. The molecule has 0 aromatic rings. The summed E-state index contributed by atoms with van der Waals surface area (Å²) in [4.78, 5) is 20.6. The SMILES string of the molecule is COC(=O)C(C)OCCOCC=O. The van der Waals surface area contributed by atoms with Gasteiger partial charge in [0.05, 0.1) is 20.3 Å². The lowest BCUT2D eigenvalue weighted by Gasteiger charge is -2.09. The summed E-state index contributed by atoms with van der Waals surface area (Å²) in [5.41, 5.74) is 0. The van der Waals surface area contributed by atoms with E-state index in [1.807, 2.05) is 0 Å². The Kier molecular flexibility index (Phi) is 7.14. The maximum atomic E-state index is 10.8. The summed E-state index contributed by atoms with van der Waals surface area (Å²) in [6.07, 6.45) is 0.0637. The van der Waals surface area contributed by atoms with E-state index in [0.717, 1.165) is 0 Å². The average Bonchev–Trinajstić information content (AvgIpc) is 2.16. The zero-order chi connectivity index (χ0) is 10.1. The van der Waals surface area contributed by atoms with Crippen LogP contribution in [0.15, 0.2) is 0 Å². The second-order valence-electron chi connectivity index (χ2n) is 2.28. The average molecular weight is 190 g/mol. The molecule has 0 rings (SSSR count). The second-order valence-corrected chi connectivity index (χ2v) is 2.28. The Balaban J connectivity index is 3.31. The molecular formula is C8H14O5. The topological polar surface area (TPSA) is 61.8 Å². The highest BCUT2D eigenvalue weighted by Gasteiger charge is 2.12. The molecule has 0 radical (unpaired) electrons. The summed E-state index contributed by atoms with van der Waals surface area (Å²) in [5.74, 6) is -0.421. The molecule has 5 heteroatoms. The minimum Gasteiger partial charge on any atom is -0.467 e. The Morgan fingerprint density at radius 1 is 1.46 bits per heavy atom. The number of hydrogen-bond donors (Lipinski definition) is 0. The number of esters is 1. The van der Waals surface area contributed by atoms with Crippen LogP contribution in [0.2, 0.25) is 0 Å². The third kappa shape index (κ3) is 6.24. The molecule has 0 aliphatic carbocycles. The molecule has 1 unspecified atom stereocenters. The molecule has 76 valence electrons. The van der Waals surface area contributed by atoms with Crippen LogP contribution in [0.3, 0.4) is 0 Å². The quantitative estimate of drug-likeness (QED) is 0.315. The maximum Gasteiger partial charge on any atom is 0.334 e. The van der Waals surface area contributed by atoms with Gasteiger partial charge in [-0.25, -0.2) is 4.79 Å². The molecule has 0 aromatic carbocycles. The van der Waals surface area contributed by atoms with Crippen molar-refractivity contribution in [2.75, 3.05) is 26.9 Å². The summed E-state index contributed by atoms with van der Waals surface area (Å²) >= 11 is 0. The van der Waals surface area contributed by atoms with Gasteiger partial charge in [0.25, 0.3) is 0 Å². The Morgan fingerprint density at radius 3 is 2.69 bits per heavy atom. The number of methoxy groups -OCH3 is 1. The van der Waals surface area contributed by atoms with Gasteiger partial charge in [-0.1, -0.05) is 0 Å². The molecular weight excluding hydrogens is 176 g/mol. The van der Waals surface area contributed by atoms with Crippen molar-refractivity contribution in [3.63, 3.8) is 0 Å². The number of ether oxygens (including phenoxy) is 3. The monoisotopic (exact) mass is 190 g/mol. The largest absolute Gasteiger partial charge is 0.467 e. The number of carbonyl (C=O) groups is 2. The van der Waals surface area contributed by atoms with E-state index in [2.05, 4.69) is 4.74 Å². The fourth-order valence-electron chi connectivity index (χ4n) is 0.649. The van der Waals surface area contributed by atoms with Crippen molar-refractivity contribution in [3.8, 4) is 0 Å². The van der Waals surface area contributed by atoms with Gasteiger partial charge >= 0.3 is 5.97 Å². The van der Waals surface area contributed by atoms with E-state index in [0.29, 0.717) is 12.9 Å². The highest BCUT2D eigenvalue weighted by Crippen LogP contribution is 1.92. The van der Waals surface area contributed by atoms with E-state index in [4.69, 9.17) is 9.47 Å². The first-order valence-corrected chi connectivity index (χ1v) is 3.93. The van der Waals surface area contributed by atoms with E-state index in [-0.39, 0.29) is 13.2 Å². The van der Waals surface area contributed by atoms with Gasteiger partial charge in [-0.3, -0.25) is 0 Å². The predicted molar refractivity (Wildman–Crippen MR) is 44.3 cm³/mol. The van der Waals surface area contributed by atoms with Crippen LogP contribution in [0.25, 0.3) is 0 Å². The van der Waals surface area contributed by atoms with Crippen molar-refractivity contribution in [1.29, 1.82) is 0 Å². The van der Waals surface area contributed by atoms with E-state index < -0.39 is 12.1 Å². The number of hydrogen-bond acceptors (Lipinski definition) is 5. The smallest absolute Gasteiger partial charge is 0.334 e. The molecule has 0 saturated carbocycles. The van der Waals surface area contributed by atoms with Gasteiger partial charge in [-0.2, -0.15) is 0 Å². The highest BCUT2D eigenvalue weighted by molar-refractivity contribution is 5.73. The number of carbonyl (C=O) groups excluding carboxylic acids is 2. The van der Waals surface area contributed by atoms with Crippen LogP contribution in [0.4, 0.5) is 0 Å². The molecule has 0 aliphatic heterocycles. The molecule has 13 heavy (non-hydrogen) atoms. The van der Waals surface area contributed by atoms with Crippen LogP contribution in [-0.4, -0.2) is 45.3 Å². The minimum atomic E-state index is -0.593. The fraction of sp³-hybridized carbons (Fsp3) is 0.750. The molecule has 0 N–H and O–H groups in total. The first-order valence-electron chi connectivity index (χ1n) is 3.93. The Labute approximate surface area is 77.0 Å². The maximum absolute atomic E-state index is 10.8. The third-order valence-electron chi connectivity index (χ3n) is 1.31. The zero-order valence-corrected chi connectivity index (χ0v) is 7.82. The van der Waals surface area contributed by atoms with Crippen LogP contribution in [-0.2, 0) is 23.8 Å². The van der Waals surface area contributed by atoms with Crippen LogP contribution in [0.1, 0.15) is 6.92 Å². The lowest BCUT2D eigenvalue weighted by molar-refractivity contribution is -0.153. The molecule has 0 bridgehead atoms. The summed E-state index contributed by atoms with van der Waals surface area (Å²) in [6, 6.07) is 0. The summed E-state index contributed by atoms with van der Waals surface area (Å²) in [6.45, 7) is 2.20. The fourth-order valence-corrected chi connectivity index (χ4v) is 0.649. The van der Waals surface area contributed by atoms with Crippen molar-refractivity contribution in [3.05, 3.63) is 0 Å². The number of aldehydes is 1. The Morgan fingerprint density at radius 2 is 2.15 bits per heavy atom. The zero-order valence-electron chi connectivity index (χ0n) is 7.82. The van der Waals surface area contributed by atoms with Crippen molar-refractivity contribution in [1.82, 2.24) is 0 Å². The van der Waals surface area contributed by atoms with Crippen molar-refractivity contribution >= 4 is 12.3 Å². The first kappa shape index (κ1) is 12.1. The Hall–Kier alpha value is -0.940. The van der Waals surface area contributed by atoms with Gasteiger partial charge in [0.2, 0.25) is 0 Å². The molecule has 0 amide bonds. The van der Waals surface area contributed by atoms with Gasteiger partial charge < -0.3 is 19.0 Å². The minimum absolute atomic E-state index is 0.0516. The summed E-state index contributed by atoms with van der Waals surface area (Å²) in [5, 5.41) is 0. The first-order chi connectivity index (χ1) is 6.22. The van der Waals surface area contributed by atoms with Crippen LogP contribution >= 0.6 is 0 Å². The van der Waals surface area contributed by atoms with Crippen LogP contribution in [0.5, 0.6) is 0 Å². The predicted octanol–water partition coefficient (Wildman–Crippen LogP) is -0.220. The van der Waals surface area contributed by atoms with Gasteiger partial charge in [0.1, 0.15) is 12.9 Å². The highest BCUT2D eigenvalue weighted by atomic mass is 16.6. The molecule has 0 heterocycles. The van der Waals surface area contributed by atoms with Crippen LogP contribution < -0.4 is 0 Å². The van der Waals surface area contributed by atoms with Gasteiger partial charge in [0.15, 0.2) is 6.10 Å². The van der Waals surface area contributed by atoms with Gasteiger partial charge in [-0.05, 0) is 6.92 Å². The molecule has 0 aliphatic rings. The van der Waals surface area contributed by atoms with E-state index in [1.54, 1.807) is 6.92 Å². The van der Waals surface area contributed by atoms with Gasteiger partial charge in [0, 0.05) is 0 Å². The Bertz CT molecular complexity index is 157. The van der Waals surface area contributed by atoms with Gasteiger partial charge in [-0.15, -0.1) is 0 Å². The lowest BCUT2D eigenvalue weighted by atomic mass is 10.4. The van der Waals surface area contributed by atoms with Crippen molar-refractivity contribution in [2.45, 2.75) is 13.0 Å². The summed E-state index contributed by atoms with van der Waals surface area (Å²) < 4.78 is 14.3. The van der Waals surface area contributed by atoms with E-state index in [1.165, 1.54) is 7.11 Å². The van der Waals surface area contributed by atoms with E-state index >= 15 is 0 Å². The third-order valence-corrected chi connectivity index (χ3v) is 1.31. The molecule has 0 saturated heterocycles. The molecule has 0 spiro atoms. The van der Waals surface area contributed by atoms with E-state index in [9.17, 15) is 9.59 Å². The lowest BCUT2D eigenvalue weighted by Crippen LogP contribution is -2.23. The molecule has 1 atom stereocenters. The molecule has 0 fully saturated rings. The second kappa shape index (κ2) is 7.70. The van der Waals surface area contributed by atoms with Crippen LogP contribution in [0, 0.1) is 0 Å². The number of rotatable bonds is 7. The van der Waals surface area contributed by atoms with Crippen molar-refractivity contribution < 1.29 is 23.8 Å². The van der Waals surface area contributed by atoms with Crippen molar-refractivity contribution in [2.24, 2.45) is 0 Å². The standard InChI is InChI=1S/C8H14O5/c1-7(8(10)11-2)13-6-5-12-4-3-9/h3,7H,4-6H2,1-2H3. The molecule has 5 nitrogen and oxygen atoms in total.